The monoisotopic (exact) mass is 245 g/mol. The lowest BCUT2D eigenvalue weighted by atomic mass is 10.0. The second-order valence-electron chi connectivity index (χ2n) is 4.83. The fourth-order valence-electron chi connectivity index (χ4n) is 2.42. The van der Waals surface area contributed by atoms with E-state index in [4.69, 9.17) is 0 Å². The molecule has 0 saturated carbocycles. The SMILES string of the molecule is Fc1ccc(-n2cc(CC3CCNC3)cn2)cc1. The maximum Gasteiger partial charge on any atom is 0.123 e. The molecule has 1 aromatic carbocycles. The van der Waals surface area contributed by atoms with Gasteiger partial charge in [0.15, 0.2) is 0 Å². The highest BCUT2D eigenvalue weighted by atomic mass is 19.1. The molecule has 1 N–H and O–H groups in total. The first-order valence-corrected chi connectivity index (χ1v) is 6.31. The average molecular weight is 245 g/mol. The highest BCUT2D eigenvalue weighted by Gasteiger charge is 2.15. The van der Waals surface area contributed by atoms with Crippen molar-refractivity contribution in [1.29, 1.82) is 0 Å². The third kappa shape index (κ3) is 2.43. The zero-order chi connectivity index (χ0) is 12.4. The van der Waals surface area contributed by atoms with Gasteiger partial charge in [-0.15, -0.1) is 0 Å². The average Bonchev–Trinajstić information content (AvgIpc) is 3.02. The van der Waals surface area contributed by atoms with Crippen LogP contribution in [0.2, 0.25) is 0 Å². The van der Waals surface area contributed by atoms with E-state index in [1.54, 1.807) is 16.8 Å². The van der Waals surface area contributed by atoms with E-state index >= 15 is 0 Å². The van der Waals surface area contributed by atoms with Crippen LogP contribution in [0, 0.1) is 11.7 Å². The Labute approximate surface area is 106 Å². The maximum absolute atomic E-state index is 12.8. The van der Waals surface area contributed by atoms with Gasteiger partial charge in [0.2, 0.25) is 0 Å². The highest BCUT2D eigenvalue weighted by Crippen LogP contribution is 2.16. The molecule has 1 saturated heterocycles. The lowest BCUT2D eigenvalue weighted by Crippen LogP contribution is -2.10. The molecule has 1 atom stereocenters. The Morgan fingerprint density at radius 1 is 1.33 bits per heavy atom. The number of rotatable bonds is 3. The van der Waals surface area contributed by atoms with Crippen molar-refractivity contribution in [2.24, 2.45) is 5.92 Å². The van der Waals surface area contributed by atoms with Crippen LogP contribution >= 0.6 is 0 Å². The molecule has 0 radical (unpaired) electrons. The van der Waals surface area contributed by atoms with Gasteiger partial charge >= 0.3 is 0 Å². The van der Waals surface area contributed by atoms with E-state index in [-0.39, 0.29) is 5.82 Å². The molecule has 94 valence electrons. The zero-order valence-electron chi connectivity index (χ0n) is 10.1. The molecule has 0 amide bonds. The molecule has 18 heavy (non-hydrogen) atoms. The molecule has 2 aromatic rings. The summed E-state index contributed by atoms with van der Waals surface area (Å²) >= 11 is 0. The zero-order valence-corrected chi connectivity index (χ0v) is 10.1. The number of nitrogens with one attached hydrogen (secondary N) is 1. The van der Waals surface area contributed by atoms with Crippen molar-refractivity contribution in [1.82, 2.24) is 15.1 Å². The summed E-state index contributed by atoms with van der Waals surface area (Å²) in [4.78, 5) is 0. The molecular formula is C14H16FN3. The van der Waals surface area contributed by atoms with Crippen LogP contribution in [0.25, 0.3) is 5.69 Å². The van der Waals surface area contributed by atoms with Crippen LogP contribution in [0.15, 0.2) is 36.7 Å². The number of aromatic nitrogens is 2. The molecular weight excluding hydrogens is 229 g/mol. The Morgan fingerprint density at radius 2 is 2.17 bits per heavy atom. The normalized spacial score (nSPS) is 19.3. The summed E-state index contributed by atoms with van der Waals surface area (Å²) in [6.07, 6.45) is 6.24. The van der Waals surface area contributed by atoms with Crippen LogP contribution in [0.1, 0.15) is 12.0 Å². The smallest absolute Gasteiger partial charge is 0.123 e. The van der Waals surface area contributed by atoms with Crippen molar-refractivity contribution < 1.29 is 4.39 Å². The van der Waals surface area contributed by atoms with Gasteiger partial charge in [-0.2, -0.15) is 5.10 Å². The first-order valence-electron chi connectivity index (χ1n) is 6.31. The van der Waals surface area contributed by atoms with Crippen molar-refractivity contribution in [2.45, 2.75) is 12.8 Å². The standard InChI is InChI=1S/C14H16FN3/c15-13-1-3-14(4-2-13)18-10-12(9-17-18)7-11-5-6-16-8-11/h1-4,9-11,16H,5-8H2. The molecule has 0 bridgehead atoms. The van der Waals surface area contributed by atoms with E-state index in [0.29, 0.717) is 0 Å². The van der Waals surface area contributed by atoms with E-state index in [1.807, 2.05) is 12.4 Å². The third-order valence-corrected chi connectivity index (χ3v) is 3.41. The first kappa shape index (κ1) is 11.4. The first-order chi connectivity index (χ1) is 8.81. The van der Waals surface area contributed by atoms with E-state index < -0.39 is 0 Å². The predicted octanol–water partition coefficient (Wildman–Crippen LogP) is 2.16. The largest absolute Gasteiger partial charge is 0.316 e. The van der Waals surface area contributed by atoms with E-state index in [1.165, 1.54) is 24.1 Å². The summed E-state index contributed by atoms with van der Waals surface area (Å²) in [5.74, 6) is 0.499. The van der Waals surface area contributed by atoms with Crippen LogP contribution in [-0.4, -0.2) is 22.9 Å². The van der Waals surface area contributed by atoms with Gasteiger partial charge in [-0.05, 0) is 61.7 Å². The third-order valence-electron chi connectivity index (χ3n) is 3.41. The molecule has 3 nitrogen and oxygen atoms in total. The van der Waals surface area contributed by atoms with Crippen molar-refractivity contribution in [2.75, 3.05) is 13.1 Å². The van der Waals surface area contributed by atoms with E-state index in [0.717, 1.165) is 31.1 Å². The molecule has 2 heterocycles. The lowest BCUT2D eigenvalue weighted by molar-refractivity contribution is 0.580. The van der Waals surface area contributed by atoms with Gasteiger partial charge < -0.3 is 5.32 Å². The van der Waals surface area contributed by atoms with Crippen LogP contribution in [0.5, 0.6) is 0 Å². The molecule has 4 heteroatoms. The summed E-state index contributed by atoms with van der Waals surface area (Å²) < 4.78 is 14.6. The van der Waals surface area contributed by atoms with Gasteiger partial charge in [0.05, 0.1) is 11.9 Å². The Kier molecular flexibility index (Phi) is 3.11. The number of hydrogen-bond acceptors (Lipinski definition) is 2. The predicted molar refractivity (Wildman–Crippen MR) is 68.2 cm³/mol. The molecule has 1 fully saturated rings. The van der Waals surface area contributed by atoms with Crippen molar-refractivity contribution in [3.8, 4) is 5.69 Å². The van der Waals surface area contributed by atoms with Crippen molar-refractivity contribution in [3.05, 3.63) is 48.0 Å². The maximum atomic E-state index is 12.8. The number of benzene rings is 1. The molecule has 0 aliphatic carbocycles. The minimum atomic E-state index is -0.219. The Hall–Kier alpha value is -1.68. The molecule has 1 aliphatic heterocycles. The van der Waals surface area contributed by atoms with Crippen LogP contribution in [0.4, 0.5) is 4.39 Å². The lowest BCUT2D eigenvalue weighted by Gasteiger charge is -2.04. The fraction of sp³-hybridized carbons (Fsp3) is 0.357. The van der Waals surface area contributed by atoms with Gasteiger partial charge in [-0.25, -0.2) is 9.07 Å². The summed E-state index contributed by atoms with van der Waals surface area (Å²) in [6.45, 7) is 2.22. The van der Waals surface area contributed by atoms with Crippen LogP contribution in [-0.2, 0) is 6.42 Å². The summed E-state index contributed by atoms with van der Waals surface area (Å²) in [5, 5.41) is 7.70. The van der Waals surface area contributed by atoms with Crippen molar-refractivity contribution in [3.63, 3.8) is 0 Å². The van der Waals surface area contributed by atoms with Gasteiger partial charge in [-0.3, -0.25) is 0 Å². The molecule has 1 aromatic heterocycles. The molecule has 0 spiro atoms. The van der Waals surface area contributed by atoms with Crippen LogP contribution < -0.4 is 5.32 Å². The topological polar surface area (TPSA) is 29.9 Å². The van der Waals surface area contributed by atoms with Gasteiger partial charge in [0.25, 0.3) is 0 Å². The van der Waals surface area contributed by atoms with Gasteiger partial charge in [0, 0.05) is 6.20 Å². The summed E-state index contributed by atoms with van der Waals surface area (Å²) in [7, 11) is 0. The Bertz CT molecular complexity index is 512. The minimum absolute atomic E-state index is 0.219. The number of halogens is 1. The second-order valence-corrected chi connectivity index (χ2v) is 4.83. The highest BCUT2D eigenvalue weighted by molar-refractivity contribution is 5.31. The van der Waals surface area contributed by atoms with E-state index in [2.05, 4.69) is 10.4 Å². The van der Waals surface area contributed by atoms with Crippen molar-refractivity contribution >= 4 is 0 Å². The summed E-state index contributed by atoms with van der Waals surface area (Å²) in [6, 6.07) is 6.39. The quantitative estimate of drug-likeness (QED) is 0.898. The number of hydrogen-bond donors (Lipinski definition) is 1. The molecule has 1 aliphatic rings. The molecule has 1 unspecified atom stereocenters. The van der Waals surface area contributed by atoms with Gasteiger partial charge in [0.1, 0.15) is 5.82 Å². The minimum Gasteiger partial charge on any atom is -0.316 e. The Morgan fingerprint density at radius 3 is 2.89 bits per heavy atom. The van der Waals surface area contributed by atoms with E-state index in [9.17, 15) is 4.39 Å². The fourth-order valence-corrected chi connectivity index (χ4v) is 2.42. The van der Waals surface area contributed by atoms with Gasteiger partial charge in [-0.1, -0.05) is 0 Å². The summed E-state index contributed by atoms with van der Waals surface area (Å²) in [5.41, 5.74) is 2.14. The second kappa shape index (κ2) is 4.90. The molecule has 3 rings (SSSR count). The van der Waals surface area contributed by atoms with Crippen LogP contribution in [0.3, 0.4) is 0 Å². The Balaban J connectivity index is 1.74. The number of nitrogens with zero attached hydrogens (tertiary/aromatic N) is 2.